The SMILES string of the molecule is CC/C=C\C/C=C\C/C=C\C/C=C\C/C=C\C/C=C\C/C=C\C/C=C\C/C=C\CCCCCC(=O)OC(CO)COC(=O)CCCCCC/C=C\C/C=C\C/C=C\C/C=C\C/C=C\C/C=C\CC. The molecule has 0 rings (SSSR count). The van der Waals surface area contributed by atoms with Gasteiger partial charge in [0.15, 0.2) is 6.10 Å². The van der Waals surface area contributed by atoms with E-state index in [1.54, 1.807) is 0 Å². The van der Waals surface area contributed by atoms with Crippen molar-refractivity contribution in [2.75, 3.05) is 13.2 Å². The van der Waals surface area contributed by atoms with Crippen molar-refractivity contribution in [1.82, 2.24) is 0 Å². The van der Waals surface area contributed by atoms with Crippen LogP contribution in [-0.2, 0) is 19.1 Å². The molecule has 68 heavy (non-hydrogen) atoms. The second-order valence-electron chi connectivity index (χ2n) is 16.5. The molecule has 0 aromatic rings. The maximum absolute atomic E-state index is 12.3. The van der Waals surface area contributed by atoms with Gasteiger partial charge in [-0.2, -0.15) is 0 Å². The zero-order chi connectivity index (χ0) is 49.2. The summed E-state index contributed by atoms with van der Waals surface area (Å²) in [5.41, 5.74) is 0. The van der Waals surface area contributed by atoms with E-state index in [-0.39, 0.29) is 25.2 Å². The highest BCUT2D eigenvalue weighted by molar-refractivity contribution is 5.70. The summed E-state index contributed by atoms with van der Waals surface area (Å²) in [6.07, 6.45) is 89.8. The van der Waals surface area contributed by atoms with Gasteiger partial charge in [0, 0.05) is 12.8 Å². The Kier molecular flexibility index (Phi) is 52.2. The summed E-state index contributed by atoms with van der Waals surface area (Å²) >= 11 is 0. The summed E-state index contributed by atoms with van der Waals surface area (Å²) in [5.74, 6) is -0.677. The molecule has 0 aliphatic heterocycles. The Labute approximate surface area is 416 Å². The van der Waals surface area contributed by atoms with E-state index in [4.69, 9.17) is 9.47 Å². The third kappa shape index (κ3) is 53.6. The van der Waals surface area contributed by atoms with E-state index in [2.05, 4.69) is 196 Å². The van der Waals surface area contributed by atoms with E-state index in [0.29, 0.717) is 12.8 Å². The van der Waals surface area contributed by atoms with Crippen molar-refractivity contribution < 1.29 is 24.2 Å². The van der Waals surface area contributed by atoms with Crippen LogP contribution in [0.3, 0.4) is 0 Å². The molecule has 5 nitrogen and oxygen atoms in total. The van der Waals surface area contributed by atoms with Gasteiger partial charge in [-0.15, -0.1) is 0 Å². The van der Waals surface area contributed by atoms with Gasteiger partial charge in [0.25, 0.3) is 0 Å². The molecular weight excluding hydrogens is 837 g/mol. The molecule has 0 aromatic carbocycles. The predicted molar refractivity (Wildman–Crippen MR) is 296 cm³/mol. The summed E-state index contributed by atoms with van der Waals surface area (Å²) in [5, 5.41) is 9.63. The Morgan fingerprint density at radius 3 is 0.882 bits per heavy atom. The maximum Gasteiger partial charge on any atom is 0.306 e. The molecule has 376 valence electrons. The van der Waals surface area contributed by atoms with Crippen LogP contribution in [0.5, 0.6) is 0 Å². The lowest BCUT2D eigenvalue weighted by atomic mass is 10.1. The number of aliphatic hydroxyl groups excluding tert-OH is 1. The van der Waals surface area contributed by atoms with Gasteiger partial charge < -0.3 is 14.6 Å². The number of rotatable bonds is 45. The summed E-state index contributed by atoms with van der Waals surface area (Å²) in [6.45, 7) is 3.84. The smallest absolute Gasteiger partial charge is 0.306 e. The normalized spacial score (nSPS) is 13.8. The average molecular weight is 931 g/mol. The number of hydrogen-bond donors (Lipinski definition) is 1. The first-order valence-corrected chi connectivity index (χ1v) is 26.3. The number of carbonyl (C=O) groups is 2. The van der Waals surface area contributed by atoms with Gasteiger partial charge in [0.2, 0.25) is 0 Å². The number of ether oxygens (including phenoxy) is 2. The van der Waals surface area contributed by atoms with Gasteiger partial charge in [0.1, 0.15) is 6.61 Å². The van der Waals surface area contributed by atoms with Crippen molar-refractivity contribution in [3.63, 3.8) is 0 Å². The summed E-state index contributed by atoms with van der Waals surface area (Å²) in [4.78, 5) is 24.5. The Hall–Kier alpha value is -5.00. The van der Waals surface area contributed by atoms with Crippen molar-refractivity contribution in [2.24, 2.45) is 0 Å². The summed E-state index contributed by atoms with van der Waals surface area (Å²) < 4.78 is 10.6. The third-order valence-electron chi connectivity index (χ3n) is 10.2. The lowest BCUT2D eigenvalue weighted by Gasteiger charge is -2.15. The lowest BCUT2D eigenvalue weighted by Crippen LogP contribution is -2.28. The highest BCUT2D eigenvalue weighted by Gasteiger charge is 2.16. The van der Waals surface area contributed by atoms with Crippen LogP contribution in [0.15, 0.2) is 182 Å². The minimum Gasteiger partial charge on any atom is -0.462 e. The van der Waals surface area contributed by atoms with E-state index in [1.165, 1.54) is 0 Å². The number of esters is 2. The van der Waals surface area contributed by atoms with E-state index >= 15 is 0 Å². The van der Waals surface area contributed by atoms with E-state index in [1.807, 2.05) is 0 Å². The monoisotopic (exact) mass is 931 g/mol. The maximum atomic E-state index is 12.3. The number of aliphatic hydroxyl groups is 1. The Morgan fingerprint density at radius 2 is 0.588 bits per heavy atom. The highest BCUT2D eigenvalue weighted by atomic mass is 16.6. The first kappa shape index (κ1) is 63.0. The van der Waals surface area contributed by atoms with Crippen LogP contribution in [-0.4, -0.2) is 36.4 Å². The first-order chi connectivity index (χ1) is 33.6. The molecule has 5 heteroatoms. The largest absolute Gasteiger partial charge is 0.462 e. The number of allylic oxidation sites excluding steroid dienone is 30. The van der Waals surface area contributed by atoms with Crippen molar-refractivity contribution in [2.45, 2.75) is 187 Å². The van der Waals surface area contributed by atoms with Gasteiger partial charge >= 0.3 is 11.9 Å². The number of carbonyl (C=O) groups excluding carboxylic acids is 2. The van der Waals surface area contributed by atoms with Crippen LogP contribution in [0, 0.1) is 0 Å². The zero-order valence-corrected chi connectivity index (χ0v) is 42.8. The minimum absolute atomic E-state index is 0.108. The average Bonchev–Trinajstić information content (AvgIpc) is 3.34. The molecule has 0 aliphatic carbocycles. The van der Waals surface area contributed by atoms with Gasteiger partial charge in [-0.1, -0.05) is 215 Å². The Bertz CT molecular complexity index is 1620. The second kappa shape index (κ2) is 56.3. The first-order valence-electron chi connectivity index (χ1n) is 26.3. The van der Waals surface area contributed by atoms with Crippen LogP contribution in [0.25, 0.3) is 0 Å². The molecule has 0 aliphatic rings. The molecule has 1 atom stereocenters. The van der Waals surface area contributed by atoms with Gasteiger partial charge in [-0.25, -0.2) is 0 Å². The van der Waals surface area contributed by atoms with Crippen LogP contribution in [0.2, 0.25) is 0 Å². The standard InChI is InChI=1S/C63H94O5/c1-3-5-7-9-11-13-15-17-19-21-23-25-27-28-29-30-31-32-33-34-36-38-40-42-44-46-48-50-52-54-56-58-63(66)68-61(59-64)60-67-62(65)57-55-53-51-49-47-45-43-41-39-37-35-26-24-22-20-18-16-14-12-10-8-6-4-2/h5-8,11-14,17-20,23-26,28-29,31-32,34,36-37,39-40,42-43,45-46,48,61,64H,3-4,9-10,15-16,21-22,27,30,33,35,38,41,44,47,49-60H2,1-2H3/b7-5-,8-6-,13-11-,14-12-,19-17-,20-18-,25-23-,26-24-,29-28-,32-31-,36-34-,39-37-,42-40-,45-43-,48-46-. The fraction of sp³-hybridized carbons (Fsp3) is 0.492. The fourth-order valence-corrected chi connectivity index (χ4v) is 6.31. The van der Waals surface area contributed by atoms with Crippen molar-refractivity contribution in [3.8, 4) is 0 Å². The lowest BCUT2D eigenvalue weighted by molar-refractivity contribution is -0.161. The van der Waals surface area contributed by atoms with Gasteiger partial charge in [-0.3, -0.25) is 9.59 Å². The topological polar surface area (TPSA) is 72.8 Å². The third-order valence-corrected chi connectivity index (χ3v) is 10.2. The highest BCUT2D eigenvalue weighted by Crippen LogP contribution is 2.10. The predicted octanol–water partition coefficient (Wildman–Crippen LogP) is 18.0. The van der Waals surface area contributed by atoms with E-state index in [9.17, 15) is 14.7 Å². The molecule has 0 fully saturated rings. The number of hydrogen-bond acceptors (Lipinski definition) is 5. The summed E-state index contributed by atoms with van der Waals surface area (Å²) in [7, 11) is 0. The Balaban J connectivity index is 3.74. The molecule has 0 saturated carbocycles. The molecule has 0 spiro atoms. The van der Waals surface area contributed by atoms with Crippen LogP contribution >= 0.6 is 0 Å². The van der Waals surface area contributed by atoms with Gasteiger partial charge in [0.05, 0.1) is 6.61 Å². The minimum atomic E-state index is -0.818. The second-order valence-corrected chi connectivity index (χ2v) is 16.5. The molecule has 0 aromatic heterocycles. The molecule has 0 radical (unpaired) electrons. The molecule has 0 heterocycles. The molecule has 0 bridgehead atoms. The van der Waals surface area contributed by atoms with Crippen LogP contribution in [0.1, 0.15) is 181 Å². The fourth-order valence-electron chi connectivity index (χ4n) is 6.31. The molecule has 0 saturated heterocycles. The molecule has 0 amide bonds. The Morgan fingerprint density at radius 1 is 0.338 bits per heavy atom. The number of unbranched alkanes of at least 4 members (excludes halogenated alkanes) is 7. The van der Waals surface area contributed by atoms with Crippen molar-refractivity contribution >= 4 is 11.9 Å². The van der Waals surface area contributed by atoms with E-state index < -0.39 is 6.10 Å². The summed E-state index contributed by atoms with van der Waals surface area (Å²) in [6, 6.07) is 0. The molecule has 1 unspecified atom stereocenters. The van der Waals surface area contributed by atoms with Crippen LogP contribution in [0.4, 0.5) is 0 Å². The van der Waals surface area contributed by atoms with Crippen molar-refractivity contribution in [3.05, 3.63) is 182 Å². The van der Waals surface area contributed by atoms with E-state index in [0.717, 1.165) is 154 Å². The molecular formula is C63H94O5. The van der Waals surface area contributed by atoms with Gasteiger partial charge in [-0.05, 0) is 135 Å². The van der Waals surface area contributed by atoms with Crippen LogP contribution < -0.4 is 0 Å². The molecule has 1 N–H and O–H groups in total. The zero-order valence-electron chi connectivity index (χ0n) is 42.8. The van der Waals surface area contributed by atoms with Crippen molar-refractivity contribution in [1.29, 1.82) is 0 Å². The quantitative estimate of drug-likeness (QED) is 0.0374.